The fraction of sp³-hybridized carbons (Fsp3) is 0.357. The van der Waals surface area contributed by atoms with E-state index in [1.807, 2.05) is 44.2 Å². The van der Waals surface area contributed by atoms with Crippen molar-refractivity contribution in [1.29, 1.82) is 0 Å². The van der Waals surface area contributed by atoms with Crippen molar-refractivity contribution in [3.05, 3.63) is 70.4 Å². The minimum atomic E-state index is -3.68. The number of sulfonamides is 1. The third kappa shape index (κ3) is 4.63. The summed E-state index contributed by atoms with van der Waals surface area (Å²) in [6.07, 6.45) is 1.55. The summed E-state index contributed by atoms with van der Waals surface area (Å²) in [5.74, 6) is -1.14. The van der Waals surface area contributed by atoms with Crippen LogP contribution in [0.1, 0.15) is 54.7 Å². The van der Waals surface area contributed by atoms with E-state index in [0.29, 0.717) is 28.1 Å². The molecule has 190 valence electrons. The molecule has 2 aromatic carbocycles. The van der Waals surface area contributed by atoms with Crippen LogP contribution in [0.5, 0.6) is 0 Å². The highest BCUT2D eigenvalue weighted by molar-refractivity contribution is 7.92. The maximum atomic E-state index is 13.0. The Hall–Kier alpha value is -3.23. The molecule has 0 aliphatic carbocycles. The number of carbonyl (C=O) groups is 1. The van der Waals surface area contributed by atoms with Gasteiger partial charge in [-0.2, -0.15) is 0 Å². The molecule has 7 nitrogen and oxygen atoms in total. The lowest BCUT2D eigenvalue weighted by Gasteiger charge is -2.36. The fourth-order valence-corrected chi connectivity index (χ4v) is 5.86. The van der Waals surface area contributed by atoms with Crippen molar-refractivity contribution < 1.29 is 23.1 Å². The molecular weight excluding hydrogens is 476 g/mol. The van der Waals surface area contributed by atoms with Gasteiger partial charge in [-0.15, -0.1) is 0 Å². The highest BCUT2D eigenvalue weighted by Gasteiger charge is 2.38. The zero-order valence-corrected chi connectivity index (χ0v) is 22.5. The van der Waals surface area contributed by atoms with Crippen LogP contribution < -0.4 is 4.31 Å². The van der Waals surface area contributed by atoms with Crippen LogP contribution in [0.2, 0.25) is 0 Å². The average Bonchev–Trinajstić information content (AvgIpc) is 2.78. The van der Waals surface area contributed by atoms with Crippen molar-refractivity contribution in [2.75, 3.05) is 10.6 Å². The summed E-state index contributed by atoms with van der Waals surface area (Å²) in [5, 5.41) is 10.3. The van der Waals surface area contributed by atoms with Crippen molar-refractivity contribution in [3.63, 3.8) is 0 Å². The van der Waals surface area contributed by atoms with E-state index < -0.39 is 27.7 Å². The quantitative estimate of drug-likeness (QED) is 0.485. The molecule has 0 radical (unpaired) electrons. The molecule has 0 saturated carbocycles. The van der Waals surface area contributed by atoms with Crippen LogP contribution >= 0.6 is 0 Å². The number of carboxylic acids is 1. The fourth-order valence-electron chi connectivity index (χ4n) is 4.92. The summed E-state index contributed by atoms with van der Waals surface area (Å²) >= 11 is 0. The molecule has 1 N–H and O–H groups in total. The normalized spacial score (nSPS) is 14.2. The van der Waals surface area contributed by atoms with E-state index in [2.05, 4.69) is 4.98 Å². The number of benzene rings is 2. The van der Waals surface area contributed by atoms with Gasteiger partial charge in [0.15, 0.2) is 6.10 Å². The summed E-state index contributed by atoms with van der Waals surface area (Å²) in [6.45, 7) is 11.2. The smallest absolute Gasteiger partial charge is 0.337 e. The summed E-state index contributed by atoms with van der Waals surface area (Å²) in [4.78, 5) is 17.3. The molecule has 0 bridgehead atoms. The number of hydrogen-bond acceptors (Lipinski definition) is 5. The molecule has 36 heavy (non-hydrogen) atoms. The molecule has 8 heteroatoms. The molecule has 0 fully saturated rings. The summed E-state index contributed by atoms with van der Waals surface area (Å²) in [7, 11) is -3.68. The van der Waals surface area contributed by atoms with Gasteiger partial charge in [0.2, 0.25) is 10.0 Å². The monoisotopic (exact) mass is 508 g/mol. The predicted molar refractivity (Wildman–Crippen MR) is 142 cm³/mol. The van der Waals surface area contributed by atoms with Gasteiger partial charge in [0.1, 0.15) is 0 Å². The van der Waals surface area contributed by atoms with Gasteiger partial charge in [-0.05, 0) is 75.4 Å². The molecule has 0 spiro atoms. The van der Waals surface area contributed by atoms with Crippen LogP contribution in [0.15, 0.2) is 42.6 Å². The standard InChI is InChI=1S/C28H32N2O5S/c1-16-10-12-19(13-11-16)21-17(2)23-24-20(9-8-14-29-24)15-30(36(7,33)34)25(23)18(3)22(21)26(27(31)32)35-28(4,5)6/h8-14,26H,15H2,1-7H3,(H,31,32)/t26-/m0/s1. The van der Waals surface area contributed by atoms with Crippen LogP contribution in [0.4, 0.5) is 5.69 Å². The van der Waals surface area contributed by atoms with Crippen molar-refractivity contribution >= 4 is 21.7 Å². The molecule has 0 unspecified atom stereocenters. The van der Waals surface area contributed by atoms with Gasteiger partial charge in [0, 0.05) is 17.3 Å². The number of carboxylic acid groups (broad SMARTS) is 1. The lowest BCUT2D eigenvalue weighted by Crippen LogP contribution is -2.35. The molecular formula is C28H32N2O5S. The molecule has 0 amide bonds. The Morgan fingerprint density at radius 3 is 2.25 bits per heavy atom. The van der Waals surface area contributed by atoms with Gasteiger partial charge in [0.25, 0.3) is 0 Å². The molecule has 2 heterocycles. The number of aliphatic carboxylic acids is 1. The second-order valence-electron chi connectivity index (χ2n) is 10.4. The van der Waals surface area contributed by atoms with Crippen molar-refractivity contribution in [1.82, 2.24) is 4.98 Å². The first-order chi connectivity index (χ1) is 16.7. The highest BCUT2D eigenvalue weighted by atomic mass is 32.2. The first-order valence-corrected chi connectivity index (χ1v) is 13.6. The number of rotatable bonds is 5. The van der Waals surface area contributed by atoms with Crippen LogP contribution in [-0.2, 0) is 26.1 Å². The molecule has 3 aromatic rings. The van der Waals surface area contributed by atoms with Crippen LogP contribution in [0.25, 0.3) is 22.4 Å². The number of ether oxygens (including phenoxy) is 1. The largest absolute Gasteiger partial charge is 0.479 e. The van der Waals surface area contributed by atoms with Crippen LogP contribution in [0, 0.1) is 20.8 Å². The van der Waals surface area contributed by atoms with Gasteiger partial charge >= 0.3 is 5.97 Å². The highest BCUT2D eigenvalue weighted by Crippen LogP contribution is 2.50. The van der Waals surface area contributed by atoms with E-state index in [0.717, 1.165) is 27.8 Å². The number of nitrogens with zero attached hydrogens (tertiary/aromatic N) is 2. The minimum Gasteiger partial charge on any atom is -0.479 e. The van der Waals surface area contributed by atoms with E-state index in [4.69, 9.17) is 4.74 Å². The van der Waals surface area contributed by atoms with E-state index in [1.54, 1.807) is 40.0 Å². The van der Waals surface area contributed by atoms with E-state index in [9.17, 15) is 18.3 Å². The third-order valence-corrected chi connectivity index (χ3v) is 7.52. The Balaban J connectivity index is 2.20. The summed E-state index contributed by atoms with van der Waals surface area (Å²) in [6, 6.07) is 11.5. The lowest BCUT2D eigenvalue weighted by atomic mass is 9.81. The minimum absolute atomic E-state index is 0.121. The van der Waals surface area contributed by atoms with Gasteiger partial charge in [-0.1, -0.05) is 35.9 Å². The second-order valence-corrected chi connectivity index (χ2v) is 12.3. The number of aromatic nitrogens is 1. The Morgan fingerprint density at radius 2 is 1.69 bits per heavy atom. The Labute approximate surface area is 212 Å². The number of aryl methyl sites for hydroxylation is 1. The van der Waals surface area contributed by atoms with Gasteiger partial charge < -0.3 is 9.84 Å². The lowest BCUT2D eigenvalue weighted by molar-refractivity contribution is -0.160. The van der Waals surface area contributed by atoms with Crippen molar-refractivity contribution in [2.45, 2.75) is 59.8 Å². The van der Waals surface area contributed by atoms with Gasteiger partial charge in [-0.25, -0.2) is 13.2 Å². The van der Waals surface area contributed by atoms with E-state index >= 15 is 0 Å². The number of hydrogen-bond donors (Lipinski definition) is 1. The average molecular weight is 509 g/mol. The Kier molecular flexibility index (Phi) is 6.47. The van der Waals surface area contributed by atoms with Gasteiger partial charge in [-0.3, -0.25) is 9.29 Å². The van der Waals surface area contributed by atoms with E-state index in [1.165, 1.54) is 10.6 Å². The Bertz CT molecular complexity index is 1450. The summed E-state index contributed by atoms with van der Waals surface area (Å²) in [5.41, 5.74) is 6.26. The van der Waals surface area contributed by atoms with Crippen molar-refractivity contribution in [2.24, 2.45) is 0 Å². The number of fused-ring (bicyclic) bond motifs is 3. The molecule has 4 rings (SSSR count). The van der Waals surface area contributed by atoms with Crippen LogP contribution in [0.3, 0.4) is 0 Å². The van der Waals surface area contributed by atoms with Gasteiger partial charge in [0.05, 0.1) is 29.8 Å². The molecule has 0 saturated heterocycles. The second kappa shape index (κ2) is 9.01. The van der Waals surface area contributed by atoms with Crippen molar-refractivity contribution in [3.8, 4) is 22.4 Å². The molecule has 1 aromatic heterocycles. The molecule has 1 atom stereocenters. The first kappa shape index (κ1) is 25.9. The van der Waals surface area contributed by atoms with Crippen LogP contribution in [-0.4, -0.2) is 36.3 Å². The predicted octanol–water partition coefficient (Wildman–Crippen LogP) is 5.56. The third-order valence-electron chi connectivity index (χ3n) is 6.41. The summed E-state index contributed by atoms with van der Waals surface area (Å²) < 4.78 is 33.5. The first-order valence-electron chi connectivity index (χ1n) is 11.8. The van der Waals surface area contributed by atoms with E-state index in [-0.39, 0.29) is 6.54 Å². The SMILES string of the molecule is Cc1ccc(-c2c(C)c3c(c(C)c2[C@H](OC(C)(C)C)C(=O)O)N(S(C)(=O)=O)Cc2cccnc2-3)cc1. The zero-order chi connectivity index (χ0) is 26.6. The molecule has 1 aliphatic heterocycles. The Morgan fingerprint density at radius 1 is 1.06 bits per heavy atom. The maximum absolute atomic E-state index is 13.0. The zero-order valence-electron chi connectivity index (χ0n) is 21.7. The number of anilines is 1. The number of pyridine rings is 1. The maximum Gasteiger partial charge on any atom is 0.337 e. The topological polar surface area (TPSA) is 96.8 Å². The molecule has 1 aliphatic rings.